The Balaban J connectivity index is 1.57. The fourth-order valence-corrected chi connectivity index (χ4v) is 1.85. The summed E-state index contributed by atoms with van der Waals surface area (Å²) in [6.45, 7) is 0.950. The molecule has 0 aromatic carbocycles. The van der Waals surface area contributed by atoms with Gasteiger partial charge in [-0.1, -0.05) is 0 Å². The molecular weight excluding hydrogens is 247 g/mol. The highest BCUT2D eigenvalue weighted by Gasteiger charge is 2.19. The summed E-state index contributed by atoms with van der Waals surface area (Å²) in [6.07, 6.45) is 6.86. The maximum atomic E-state index is 13.5. The second kappa shape index (κ2) is 5.44. The van der Waals surface area contributed by atoms with E-state index < -0.39 is 5.82 Å². The van der Waals surface area contributed by atoms with Crippen LogP contribution in [0.3, 0.4) is 0 Å². The van der Waals surface area contributed by atoms with Gasteiger partial charge in [0.2, 0.25) is 5.89 Å². The monoisotopic (exact) mass is 262 g/mol. The molecule has 1 fully saturated rings. The molecule has 0 radical (unpaired) electrons. The molecule has 6 heteroatoms. The van der Waals surface area contributed by atoms with Crippen molar-refractivity contribution in [2.24, 2.45) is 0 Å². The molecule has 2 aromatic heterocycles. The van der Waals surface area contributed by atoms with Gasteiger partial charge in [-0.2, -0.15) is 0 Å². The van der Waals surface area contributed by atoms with E-state index in [-0.39, 0.29) is 5.89 Å². The first-order chi connectivity index (χ1) is 9.33. The van der Waals surface area contributed by atoms with E-state index in [0.29, 0.717) is 23.9 Å². The van der Waals surface area contributed by atoms with Gasteiger partial charge in [0.05, 0.1) is 11.8 Å². The Morgan fingerprint density at radius 2 is 2.26 bits per heavy atom. The van der Waals surface area contributed by atoms with Crippen LogP contribution in [0, 0.1) is 5.82 Å². The Kier molecular flexibility index (Phi) is 3.50. The van der Waals surface area contributed by atoms with Crippen molar-refractivity contribution < 1.29 is 8.81 Å². The first kappa shape index (κ1) is 12.2. The lowest BCUT2D eigenvalue weighted by Gasteiger charge is -1.99. The Morgan fingerprint density at radius 3 is 3.05 bits per heavy atom. The van der Waals surface area contributed by atoms with E-state index in [9.17, 15) is 4.39 Å². The van der Waals surface area contributed by atoms with Crippen LogP contribution in [0.2, 0.25) is 0 Å². The van der Waals surface area contributed by atoms with Crippen LogP contribution in [0.5, 0.6) is 0 Å². The highest BCUT2D eigenvalue weighted by Crippen LogP contribution is 2.21. The molecule has 1 aliphatic rings. The summed E-state index contributed by atoms with van der Waals surface area (Å²) in [6, 6.07) is 2.24. The topological polar surface area (TPSA) is 63.8 Å². The first-order valence-electron chi connectivity index (χ1n) is 6.48. The van der Waals surface area contributed by atoms with Crippen molar-refractivity contribution >= 4 is 0 Å². The van der Waals surface area contributed by atoms with Crippen LogP contribution in [0.25, 0.3) is 11.5 Å². The highest BCUT2D eigenvalue weighted by molar-refractivity contribution is 5.51. The molecule has 2 heterocycles. The molecule has 0 amide bonds. The standard InChI is InChI=1S/C13H15FN4O/c14-11-8-15-7-5-10(11)13-18-17-12(19-13)2-1-6-16-9-3-4-9/h5,7-9,16H,1-4,6H2. The fourth-order valence-electron chi connectivity index (χ4n) is 1.85. The molecule has 0 bridgehead atoms. The van der Waals surface area contributed by atoms with Gasteiger partial charge >= 0.3 is 0 Å². The Morgan fingerprint density at radius 1 is 1.37 bits per heavy atom. The Labute approximate surface area is 110 Å². The van der Waals surface area contributed by atoms with E-state index in [4.69, 9.17) is 4.42 Å². The zero-order valence-electron chi connectivity index (χ0n) is 10.5. The Bertz CT molecular complexity index is 553. The van der Waals surface area contributed by atoms with E-state index in [2.05, 4.69) is 20.5 Å². The summed E-state index contributed by atoms with van der Waals surface area (Å²) < 4.78 is 18.9. The van der Waals surface area contributed by atoms with Crippen LogP contribution in [-0.2, 0) is 6.42 Å². The molecule has 1 saturated carbocycles. The van der Waals surface area contributed by atoms with Gasteiger partial charge in [0, 0.05) is 18.7 Å². The average Bonchev–Trinajstić information content (AvgIpc) is 3.13. The van der Waals surface area contributed by atoms with E-state index in [0.717, 1.165) is 19.2 Å². The number of rotatable bonds is 6. The van der Waals surface area contributed by atoms with E-state index in [1.807, 2.05) is 0 Å². The molecule has 1 aliphatic carbocycles. The predicted molar refractivity (Wildman–Crippen MR) is 66.8 cm³/mol. The van der Waals surface area contributed by atoms with Crippen molar-refractivity contribution in [3.63, 3.8) is 0 Å². The van der Waals surface area contributed by atoms with Crippen molar-refractivity contribution in [3.05, 3.63) is 30.2 Å². The molecule has 0 spiro atoms. The maximum absolute atomic E-state index is 13.5. The lowest BCUT2D eigenvalue weighted by molar-refractivity contribution is 0.487. The molecule has 3 rings (SSSR count). The summed E-state index contributed by atoms with van der Waals surface area (Å²) in [5.74, 6) is 0.307. The minimum absolute atomic E-state index is 0.213. The van der Waals surface area contributed by atoms with Crippen LogP contribution < -0.4 is 5.32 Å². The second-order valence-electron chi connectivity index (χ2n) is 4.69. The largest absolute Gasteiger partial charge is 0.421 e. The molecule has 0 aliphatic heterocycles. The van der Waals surface area contributed by atoms with Crippen molar-refractivity contribution in [1.82, 2.24) is 20.5 Å². The van der Waals surface area contributed by atoms with Crippen LogP contribution >= 0.6 is 0 Å². The van der Waals surface area contributed by atoms with Gasteiger partial charge < -0.3 is 9.73 Å². The van der Waals surface area contributed by atoms with Crippen molar-refractivity contribution in [2.75, 3.05) is 6.54 Å². The first-order valence-corrected chi connectivity index (χ1v) is 6.48. The van der Waals surface area contributed by atoms with E-state index in [1.54, 1.807) is 0 Å². The van der Waals surface area contributed by atoms with Gasteiger partial charge in [0.15, 0.2) is 5.82 Å². The van der Waals surface area contributed by atoms with Gasteiger partial charge in [-0.25, -0.2) is 4.39 Å². The Hall–Kier alpha value is -1.82. The summed E-state index contributed by atoms with van der Waals surface area (Å²) in [7, 11) is 0. The molecule has 5 nitrogen and oxygen atoms in total. The van der Waals surface area contributed by atoms with Crippen LogP contribution in [-0.4, -0.2) is 27.8 Å². The summed E-state index contributed by atoms with van der Waals surface area (Å²) in [5, 5.41) is 11.2. The maximum Gasteiger partial charge on any atom is 0.250 e. The molecule has 0 unspecified atom stereocenters. The molecule has 1 N–H and O–H groups in total. The lowest BCUT2D eigenvalue weighted by atomic mass is 10.2. The number of nitrogens with one attached hydrogen (secondary N) is 1. The minimum atomic E-state index is -0.451. The van der Waals surface area contributed by atoms with E-state index in [1.165, 1.54) is 25.1 Å². The highest BCUT2D eigenvalue weighted by atomic mass is 19.1. The summed E-state index contributed by atoms with van der Waals surface area (Å²) >= 11 is 0. The SMILES string of the molecule is Fc1cnccc1-c1nnc(CCCNC2CC2)o1. The van der Waals surface area contributed by atoms with Crippen molar-refractivity contribution in [3.8, 4) is 11.5 Å². The molecule has 2 aromatic rings. The quantitative estimate of drug-likeness (QED) is 0.806. The number of aryl methyl sites for hydroxylation is 1. The summed E-state index contributed by atoms with van der Waals surface area (Å²) in [4.78, 5) is 3.69. The number of hydrogen-bond donors (Lipinski definition) is 1. The lowest BCUT2D eigenvalue weighted by Crippen LogP contribution is -2.17. The average molecular weight is 262 g/mol. The number of halogens is 1. The zero-order chi connectivity index (χ0) is 13.1. The van der Waals surface area contributed by atoms with Crippen LogP contribution in [0.15, 0.2) is 22.9 Å². The number of aromatic nitrogens is 3. The molecule has 0 atom stereocenters. The van der Waals surface area contributed by atoms with Gasteiger partial charge in [0.25, 0.3) is 5.89 Å². The summed E-state index contributed by atoms with van der Waals surface area (Å²) in [5.41, 5.74) is 0.296. The third-order valence-electron chi connectivity index (χ3n) is 3.05. The minimum Gasteiger partial charge on any atom is -0.421 e. The number of nitrogens with zero attached hydrogens (tertiary/aromatic N) is 3. The molecule has 100 valence electrons. The van der Waals surface area contributed by atoms with Crippen LogP contribution in [0.1, 0.15) is 25.2 Å². The van der Waals surface area contributed by atoms with Gasteiger partial charge in [0.1, 0.15) is 0 Å². The smallest absolute Gasteiger partial charge is 0.250 e. The van der Waals surface area contributed by atoms with Crippen molar-refractivity contribution in [1.29, 1.82) is 0 Å². The third kappa shape index (κ3) is 3.14. The fraction of sp³-hybridized carbons (Fsp3) is 0.462. The number of pyridine rings is 1. The van der Waals surface area contributed by atoms with Gasteiger partial charge in [-0.15, -0.1) is 10.2 Å². The molecule has 0 saturated heterocycles. The normalized spacial score (nSPS) is 14.8. The third-order valence-corrected chi connectivity index (χ3v) is 3.05. The van der Waals surface area contributed by atoms with Crippen LogP contribution in [0.4, 0.5) is 4.39 Å². The van der Waals surface area contributed by atoms with Crippen molar-refractivity contribution in [2.45, 2.75) is 31.7 Å². The van der Waals surface area contributed by atoms with Gasteiger partial charge in [-0.05, 0) is 31.9 Å². The van der Waals surface area contributed by atoms with E-state index >= 15 is 0 Å². The predicted octanol–water partition coefficient (Wildman–Crippen LogP) is 1.96. The molecule has 19 heavy (non-hydrogen) atoms. The zero-order valence-corrected chi connectivity index (χ0v) is 10.5. The van der Waals surface area contributed by atoms with Gasteiger partial charge in [-0.3, -0.25) is 4.98 Å². The number of hydrogen-bond acceptors (Lipinski definition) is 5. The molecular formula is C13H15FN4O. The second-order valence-corrected chi connectivity index (χ2v) is 4.69.